The minimum absolute atomic E-state index is 0.0575. The summed E-state index contributed by atoms with van der Waals surface area (Å²) >= 11 is 0. The SMILES string of the molecule is COc1ccc(OCC(=O)NCc2ccc(OC(C)C)c(OC)c2)cc1. The number of amides is 1. The Labute approximate surface area is 154 Å². The van der Waals surface area contributed by atoms with Crippen LogP contribution in [0.1, 0.15) is 19.4 Å². The van der Waals surface area contributed by atoms with E-state index in [-0.39, 0.29) is 18.6 Å². The fraction of sp³-hybridized carbons (Fsp3) is 0.350. The Morgan fingerprint density at radius 2 is 1.65 bits per heavy atom. The van der Waals surface area contributed by atoms with Crippen LogP contribution < -0.4 is 24.3 Å². The highest BCUT2D eigenvalue weighted by molar-refractivity contribution is 5.77. The molecule has 1 amide bonds. The fourth-order valence-corrected chi connectivity index (χ4v) is 2.25. The summed E-state index contributed by atoms with van der Waals surface area (Å²) in [5.74, 6) is 2.46. The normalized spacial score (nSPS) is 10.3. The Bertz CT molecular complexity index is 713. The summed E-state index contributed by atoms with van der Waals surface area (Å²) in [6, 6.07) is 12.6. The molecule has 0 aliphatic carbocycles. The van der Waals surface area contributed by atoms with Gasteiger partial charge in [-0.3, -0.25) is 4.79 Å². The van der Waals surface area contributed by atoms with E-state index in [2.05, 4.69) is 5.32 Å². The quantitative estimate of drug-likeness (QED) is 0.745. The molecule has 0 spiro atoms. The van der Waals surface area contributed by atoms with Gasteiger partial charge in [0.1, 0.15) is 11.5 Å². The third-order valence-corrected chi connectivity index (χ3v) is 3.51. The molecule has 26 heavy (non-hydrogen) atoms. The van der Waals surface area contributed by atoms with Gasteiger partial charge in [-0.05, 0) is 55.8 Å². The zero-order valence-electron chi connectivity index (χ0n) is 15.6. The summed E-state index contributed by atoms with van der Waals surface area (Å²) in [5.41, 5.74) is 0.913. The number of carbonyl (C=O) groups excluding carboxylic acids is 1. The van der Waals surface area contributed by atoms with Crippen molar-refractivity contribution in [2.45, 2.75) is 26.5 Å². The van der Waals surface area contributed by atoms with Gasteiger partial charge in [0, 0.05) is 6.54 Å². The topological polar surface area (TPSA) is 66.0 Å². The molecule has 2 aromatic rings. The van der Waals surface area contributed by atoms with Crippen molar-refractivity contribution in [1.29, 1.82) is 0 Å². The molecule has 0 aliphatic heterocycles. The molecule has 0 aliphatic rings. The van der Waals surface area contributed by atoms with Crippen LogP contribution in [-0.4, -0.2) is 32.8 Å². The van der Waals surface area contributed by atoms with E-state index in [0.29, 0.717) is 23.8 Å². The van der Waals surface area contributed by atoms with Crippen LogP contribution in [0.25, 0.3) is 0 Å². The van der Waals surface area contributed by atoms with Crippen molar-refractivity contribution in [1.82, 2.24) is 5.32 Å². The average Bonchev–Trinajstić information content (AvgIpc) is 2.65. The summed E-state index contributed by atoms with van der Waals surface area (Å²) in [6.45, 7) is 4.23. The van der Waals surface area contributed by atoms with Crippen molar-refractivity contribution < 1.29 is 23.7 Å². The number of hydrogen-bond acceptors (Lipinski definition) is 5. The van der Waals surface area contributed by atoms with E-state index in [4.69, 9.17) is 18.9 Å². The van der Waals surface area contributed by atoms with Crippen LogP contribution in [0.5, 0.6) is 23.0 Å². The predicted octanol–water partition coefficient (Wildman–Crippen LogP) is 3.19. The van der Waals surface area contributed by atoms with Gasteiger partial charge in [0.15, 0.2) is 18.1 Å². The van der Waals surface area contributed by atoms with Crippen LogP contribution in [0.15, 0.2) is 42.5 Å². The van der Waals surface area contributed by atoms with Gasteiger partial charge < -0.3 is 24.3 Å². The number of rotatable bonds is 9. The van der Waals surface area contributed by atoms with E-state index < -0.39 is 0 Å². The lowest BCUT2D eigenvalue weighted by Gasteiger charge is -2.15. The second kappa shape index (κ2) is 9.56. The summed E-state index contributed by atoms with van der Waals surface area (Å²) in [7, 11) is 3.19. The van der Waals surface area contributed by atoms with Crippen LogP contribution in [0.2, 0.25) is 0 Å². The van der Waals surface area contributed by atoms with Crippen LogP contribution in [0, 0.1) is 0 Å². The number of ether oxygens (including phenoxy) is 4. The highest BCUT2D eigenvalue weighted by Crippen LogP contribution is 2.28. The fourth-order valence-electron chi connectivity index (χ4n) is 2.25. The first-order valence-electron chi connectivity index (χ1n) is 8.39. The Morgan fingerprint density at radius 1 is 0.962 bits per heavy atom. The van der Waals surface area contributed by atoms with Crippen LogP contribution >= 0.6 is 0 Å². The highest BCUT2D eigenvalue weighted by Gasteiger charge is 2.09. The predicted molar refractivity (Wildman–Crippen MR) is 99.1 cm³/mol. The van der Waals surface area contributed by atoms with Gasteiger partial charge >= 0.3 is 0 Å². The van der Waals surface area contributed by atoms with E-state index in [1.54, 1.807) is 38.5 Å². The van der Waals surface area contributed by atoms with Crippen LogP contribution in [-0.2, 0) is 11.3 Å². The molecule has 2 rings (SSSR count). The van der Waals surface area contributed by atoms with Gasteiger partial charge in [-0.1, -0.05) is 6.07 Å². The molecule has 0 fully saturated rings. The number of hydrogen-bond donors (Lipinski definition) is 1. The molecule has 0 heterocycles. The largest absolute Gasteiger partial charge is 0.497 e. The van der Waals surface area contributed by atoms with Crippen LogP contribution in [0.4, 0.5) is 0 Å². The van der Waals surface area contributed by atoms with Gasteiger partial charge in [-0.2, -0.15) is 0 Å². The maximum absolute atomic E-state index is 12.0. The summed E-state index contributed by atoms with van der Waals surface area (Å²) in [4.78, 5) is 12.0. The first-order chi connectivity index (χ1) is 12.5. The molecular weight excluding hydrogens is 334 g/mol. The van der Waals surface area contributed by atoms with Gasteiger partial charge in [0.05, 0.1) is 20.3 Å². The summed E-state index contributed by atoms with van der Waals surface area (Å²) < 4.78 is 21.6. The lowest BCUT2D eigenvalue weighted by molar-refractivity contribution is -0.123. The van der Waals surface area contributed by atoms with Crippen molar-refractivity contribution in [2.24, 2.45) is 0 Å². The second-order valence-corrected chi connectivity index (χ2v) is 5.89. The Hall–Kier alpha value is -2.89. The number of methoxy groups -OCH3 is 2. The van der Waals surface area contributed by atoms with E-state index in [0.717, 1.165) is 11.3 Å². The Morgan fingerprint density at radius 3 is 2.27 bits per heavy atom. The van der Waals surface area contributed by atoms with Crippen molar-refractivity contribution >= 4 is 5.91 Å². The molecule has 6 nitrogen and oxygen atoms in total. The first-order valence-corrected chi connectivity index (χ1v) is 8.39. The first kappa shape index (κ1) is 19.4. The molecule has 0 saturated carbocycles. The minimum Gasteiger partial charge on any atom is -0.497 e. The third-order valence-electron chi connectivity index (χ3n) is 3.51. The average molecular weight is 359 g/mol. The maximum atomic E-state index is 12.0. The molecule has 1 N–H and O–H groups in total. The standard InChI is InChI=1S/C20H25NO5/c1-14(2)26-18-10-5-15(11-19(18)24-4)12-21-20(22)13-25-17-8-6-16(23-3)7-9-17/h5-11,14H,12-13H2,1-4H3,(H,21,22). The van der Waals surface area contributed by atoms with E-state index >= 15 is 0 Å². The lowest BCUT2D eigenvalue weighted by atomic mass is 10.2. The Balaban J connectivity index is 1.84. The highest BCUT2D eigenvalue weighted by atomic mass is 16.5. The smallest absolute Gasteiger partial charge is 0.258 e. The Kier molecular flexibility index (Phi) is 7.14. The monoisotopic (exact) mass is 359 g/mol. The van der Waals surface area contributed by atoms with Gasteiger partial charge in [0.25, 0.3) is 5.91 Å². The summed E-state index contributed by atoms with van der Waals surface area (Å²) in [5, 5.41) is 2.82. The van der Waals surface area contributed by atoms with Gasteiger partial charge in [-0.15, -0.1) is 0 Å². The molecule has 0 unspecified atom stereocenters. The van der Waals surface area contributed by atoms with Crippen molar-refractivity contribution in [3.05, 3.63) is 48.0 Å². The minimum atomic E-state index is -0.206. The number of benzene rings is 2. The zero-order valence-corrected chi connectivity index (χ0v) is 15.6. The maximum Gasteiger partial charge on any atom is 0.258 e. The lowest BCUT2D eigenvalue weighted by Crippen LogP contribution is -2.28. The molecular formula is C20H25NO5. The molecule has 140 valence electrons. The van der Waals surface area contributed by atoms with Crippen LogP contribution in [0.3, 0.4) is 0 Å². The van der Waals surface area contributed by atoms with E-state index in [9.17, 15) is 4.79 Å². The van der Waals surface area contributed by atoms with Crippen molar-refractivity contribution in [3.8, 4) is 23.0 Å². The number of nitrogens with one attached hydrogen (secondary N) is 1. The van der Waals surface area contributed by atoms with Crippen molar-refractivity contribution in [3.63, 3.8) is 0 Å². The van der Waals surface area contributed by atoms with Gasteiger partial charge in [-0.25, -0.2) is 0 Å². The molecule has 0 atom stereocenters. The van der Waals surface area contributed by atoms with Crippen molar-refractivity contribution in [2.75, 3.05) is 20.8 Å². The molecule has 0 saturated heterocycles. The molecule has 0 aromatic heterocycles. The van der Waals surface area contributed by atoms with E-state index in [1.165, 1.54) is 0 Å². The third kappa shape index (κ3) is 5.88. The summed E-state index contributed by atoms with van der Waals surface area (Å²) in [6.07, 6.45) is 0.0598. The number of carbonyl (C=O) groups is 1. The molecule has 0 radical (unpaired) electrons. The molecule has 2 aromatic carbocycles. The molecule has 6 heteroatoms. The second-order valence-electron chi connectivity index (χ2n) is 5.89. The zero-order chi connectivity index (χ0) is 18.9. The van der Waals surface area contributed by atoms with E-state index in [1.807, 2.05) is 32.0 Å². The molecule has 0 bridgehead atoms. The van der Waals surface area contributed by atoms with Gasteiger partial charge in [0.2, 0.25) is 0 Å².